The Hall–Kier alpha value is -2.36. The Morgan fingerprint density at radius 1 is 0.900 bits per heavy atom. The lowest BCUT2D eigenvalue weighted by Crippen LogP contribution is -2.23. The van der Waals surface area contributed by atoms with E-state index in [1.807, 2.05) is 24.3 Å². The normalized spacial score (nSPS) is 9.70. The lowest BCUT2D eigenvalue weighted by molar-refractivity contribution is -0.127. The van der Waals surface area contributed by atoms with E-state index in [4.69, 9.17) is 0 Å². The van der Waals surface area contributed by atoms with Crippen molar-refractivity contribution in [1.29, 1.82) is 0 Å². The van der Waals surface area contributed by atoms with Gasteiger partial charge >= 0.3 is 0 Å². The van der Waals surface area contributed by atoms with E-state index in [1.54, 1.807) is 14.1 Å². The minimum Gasteiger partial charge on any atom is -0.322 e. The highest BCUT2D eigenvalue weighted by Crippen LogP contribution is 2.08. The first-order chi connectivity index (χ1) is 9.47. The maximum absolute atomic E-state index is 11.7. The van der Waals surface area contributed by atoms with Gasteiger partial charge in [-0.15, -0.1) is 0 Å². The van der Waals surface area contributed by atoms with Crippen LogP contribution in [0.2, 0.25) is 0 Å². The summed E-state index contributed by atoms with van der Waals surface area (Å²) in [6, 6.07) is 7.47. The van der Waals surface area contributed by atoms with Crippen LogP contribution in [0, 0.1) is 0 Å². The van der Waals surface area contributed by atoms with Gasteiger partial charge in [0.25, 0.3) is 0 Å². The monoisotopic (exact) mass is 272 g/mol. The molecule has 0 spiro atoms. The summed E-state index contributed by atoms with van der Waals surface area (Å²) >= 11 is 0. The van der Waals surface area contributed by atoms with E-state index >= 15 is 0 Å². The molecular formula is C16H20N2O2. The van der Waals surface area contributed by atoms with Crippen molar-refractivity contribution >= 4 is 11.8 Å². The quantitative estimate of drug-likeness (QED) is 0.794. The molecule has 2 amide bonds. The Morgan fingerprint density at radius 3 is 1.45 bits per heavy atom. The molecule has 0 N–H and O–H groups in total. The summed E-state index contributed by atoms with van der Waals surface area (Å²) in [6.07, 6.45) is 3.62. The standard InChI is InChI=1S/C16H20N2O2/c1-5-17(3)15(19)11-13-7-9-14(10-8-13)12-16(20)18(4)6-2/h5-10H,1-2,11-12H2,3-4H3. The maximum atomic E-state index is 11.7. The third kappa shape index (κ3) is 4.39. The lowest BCUT2D eigenvalue weighted by Gasteiger charge is -2.12. The summed E-state index contributed by atoms with van der Waals surface area (Å²) in [7, 11) is 3.35. The summed E-state index contributed by atoms with van der Waals surface area (Å²) in [6.45, 7) is 7.10. The molecule has 0 aliphatic rings. The second-order valence-electron chi connectivity index (χ2n) is 4.54. The van der Waals surface area contributed by atoms with Gasteiger partial charge in [0.2, 0.25) is 11.8 Å². The summed E-state index contributed by atoms with van der Waals surface area (Å²) in [5.41, 5.74) is 1.83. The SMILES string of the molecule is C=CN(C)C(=O)Cc1ccc(CC(=O)N(C)C=C)cc1. The molecule has 0 fully saturated rings. The number of amides is 2. The van der Waals surface area contributed by atoms with Gasteiger partial charge in [-0.3, -0.25) is 9.59 Å². The molecule has 0 unspecified atom stereocenters. The minimum atomic E-state index is -0.0183. The van der Waals surface area contributed by atoms with Gasteiger partial charge in [-0.2, -0.15) is 0 Å². The number of rotatable bonds is 6. The molecular weight excluding hydrogens is 252 g/mol. The van der Waals surface area contributed by atoms with Crippen molar-refractivity contribution in [1.82, 2.24) is 9.80 Å². The van der Waals surface area contributed by atoms with Crippen LogP contribution < -0.4 is 0 Å². The molecule has 4 heteroatoms. The number of nitrogens with zero attached hydrogens (tertiary/aromatic N) is 2. The summed E-state index contributed by atoms with van der Waals surface area (Å²) in [5.74, 6) is -0.0366. The summed E-state index contributed by atoms with van der Waals surface area (Å²) < 4.78 is 0. The van der Waals surface area contributed by atoms with Crippen LogP contribution in [-0.2, 0) is 22.4 Å². The highest BCUT2D eigenvalue weighted by Gasteiger charge is 2.09. The van der Waals surface area contributed by atoms with Crippen molar-refractivity contribution in [3.8, 4) is 0 Å². The Bertz CT molecular complexity index is 459. The molecule has 1 aromatic carbocycles. The topological polar surface area (TPSA) is 40.6 Å². The van der Waals surface area contributed by atoms with Crippen molar-refractivity contribution in [2.45, 2.75) is 12.8 Å². The first kappa shape index (κ1) is 15.7. The Balaban J connectivity index is 2.65. The molecule has 0 saturated heterocycles. The van der Waals surface area contributed by atoms with Crippen LogP contribution in [0.3, 0.4) is 0 Å². The third-order valence-electron chi connectivity index (χ3n) is 3.07. The van der Waals surface area contributed by atoms with Crippen LogP contribution in [0.1, 0.15) is 11.1 Å². The van der Waals surface area contributed by atoms with Gasteiger partial charge in [0, 0.05) is 14.1 Å². The first-order valence-corrected chi connectivity index (χ1v) is 6.32. The van der Waals surface area contributed by atoms with Gasteiger partial charge < -0.3 is 9.80 Å². The largest absolute Gasteiger partial charge is 0.322 e. The molecule has 0 saturated carbocycles. The highest BCUT2D eigenvalue weighted by atomic mass is 16.2. The zero-order chi connectivity index (χ0) is 15.1. The number of hydrogen-bond acceptors (Lipinski definition) is 2. The Kier molecular flexibility index (Phi) is 5.72. The van der Waals surface area contributed by atoms with E-state index in [9.17, 15) is 9.59 Å². The molecule has 20 heavy (non-hydrogen) atoms. The van der Waals surface area contributed by atoms with Gasteiger partial charge in [-0.1, -0.05) is 37.4 Å². The fourth-order valence-electron chi connectivity index (χ4n) is 1.58. The fraction of sp³-hybridized carbons (Fsp3) is 0.250. The molecule has 0 radical (unpaired) electrons. The predicted molar refractivity (Wildman–Crippen MR) is 79.8 cm³/mol. The smallest absolute Gasteiger partial charge is 0.230 e. The van der Waals surface area contributed by atoms with Crippen LogP contribution in [0.4, 0.5) is 0 Å². The minimum absolute atomic E-state index is 0.0183. The van der Waals surface area contributed by atoms with Crippen molar-refractivity contribution in [3.05, 3.63) is 61.0 Å². The van der Waals surface area contributed by atoms with E-state index in [0.29, 0.717) is 12.8 Å². The van der Waals surface area contributed by atoms with E-state index < -0.39 is 0 Å². The molecule has 0 aliphatic carbocycles. The molecule has 0 aromatic heterocycles. The van der Waals surface area contributed by atoms with Crippen LogP contribution in [0.5, 0.6) is 0 Å². The van der Waals surface area contributed by atoms with Gasteiger partial charge in [-0.05, 0) is 23.5 Å². The molecule has 0 bridgehead atoms. The predicted octanol–water partition coefficient (Wildman–Crippen LogP) is 1.98. The molecule has 106 valence electrons. The summed E-state index contributed by atoms with van der Waals surface area (Å²) in [5, 5.41) is 0. The van der Waals surface area contributed by atoms with E-state index in [2.05, 4.69) is 13.2 Å². The molecule has 0 atom stereocenters. The molecule has 4 nitrogen and oxygen atoms in total. The van der Waals surface area contributed by atoms with Crippen molar-refractivity contribution in [3.63, 3.8) is 0 Å². The van der Waals surface area contributed by atoms with Crippen LogP contribution in [0.25, 0.3) is 0 Å². The Labute approximate surface area is 120 Å². The van der Waals surface area contributed by atoms with Crippen molar-refractivity contribution in [2.75, 3.05) is 14.1 Å². The van der Waals surface area contributed by atoms with E-state index in [0.717, 1.165) is 11.1 Å². The van der Waals surface area contributed by atoms with Gasteiger partial charge in [0.05, 0.1) is 12.8 Å². The average Bonchev–Trinajstić information content (AvgIpc) is 2.47. The molecule has 1 rings (SSSR count). The second kappa shape index (κ2) is 7.28. The Morgan fingerprint density at radius 2 is 1.20 bits per heavy atom. The van der Waals surface area contributed by atoms with Crippen molar-refractivity contribution in [2.24, 2.45) is 0 Å². The fourth-order valence-corrected chi connectivity index (χ4v) is 1.58. The van der Waals surface area contributed by atoms with Crippen molar-refractivity contribution < 1.29 is 9.59 Å². The maximum Gasteiger partial charge on any atom is 0.230 e. The van der Waals surface area contributed by atoms with Crippen LogP contribution in [0.15, 0.2) is 49.8 Å². The number of carbonyl (C=O) groups excluding carboxylic acids is 2. The molecule has 0 heterocycles. The average molecular weight is 272 g/mol. The summed E-state index contributed by atoms with van der Waals surface area (Å²) in [4.78, 5) is 26.3. The second-order valence-corrected chi connectivity index (χ2v) is 4.54. The van der Waals surface area contributed by atoms with E-state index in [-0.39, 0.29) is 11.8 Å². The number of likely N-dealkylation sites (N-methyl/N-ethyl adjacent to an activating group) is 2. The van der Waals surface area contributed by atoms with Gasteiger partial charge in [-0.25, -0.2) is 0 Å². The zero-order valence-electron chi connectivity index (χ0n) is 12.0. The number of benzene rings is 1. The molecule has 1 aromatic rings. The van der Waals surface area contributed by atoms with Gasteiger partial charge in [0.1, 0.15) is 0 Å². The van der Waals surface area contributed by atoms with Crippen LogP contribution >= 0.6 is 0 Å². The highest BCUT2D eigenvalue weighted by molar-refractivity contribution is 5.80. The van der Waals surface area contributed by atoms with Gasteiger partial charge in [0.15, 0.2) is 0 Å². The number of hydrogen-bond donors (Lipinski definition) is 0. The zero-order valence-corrected chi connectivity index (χ0v) is 12.0. The third-order valence-corrected chi connectivity index (χ3v) is 3.07. The molecule has 0 aliphatic heterocycles. The first-order valence-electron chi connectivity index (χ1n) is 6.32. The van der Waals surface area contributed by atoms with E-state index in [1.165, 1.54) is 22.2 Å². The lowest BCUT2D eigenvalue weighted by atomic mass is 10.1. The van der Waals surface area contributed by atoms with Crippen LogP contribution in [-0.4, -0.2) is 35.7 Å². The number of carbonyl (C=O) groups is 2.